The molecule has 0 unspecified atom stereocenters. The van der Waals surface area contributed by atoms with Crippen molar-refractivity contribution in [3.63, 3.8) is 0 Å². The number of nitrogens with one attached hydrogen (secondary N) is 1. The van der Waals surface area contributed by atoms with Gasteiger partial charge in [-0.05, 0) is 42.8 Å². The predicted octanol–water partition coefficient (Wildman–Crippen LogP) is 5.96. The molecule has 3 aromatic rings. The normalized spacial score (nSPS) is 10.4. The van der Waals surface area contributed by atoms with Crippen molar-refractivity contribution in [2.75, 3.05) is 13.7 Å². The van der Waals surface area contributed by atoms with Crippen LogP contribution in [-0.2, 0) is 19.6 Å². The van der Waals surface area contributed by atoms with Crippen LogP contribution in [0.2, 0.25) is 5.02 Å². The Morgan fingerprint density at radius 3 is 2.43 bits per heavy atom. The van der Waals surface area contributed by atoms with Crippen LogP contribution in [0.3, 0.4) is 0 Å². The van der Waals surface area contributed by atoms with Gasteiger partial charge in [-0.3, -0.25) is 0 Å². The van der Waals surface area contributed by atoms with Crippen molar-refractivity contribution in [3.8, 4) is 11.5 Å². The first kappa shape index (κ1) is 23.9. The van der Waals surface area contributed by atoms with Crippen molar-refractivity contribution in [2.24, 2.45) is 0 Å². The average Bonchev–Trinajstić information content (AvgIpc) is 2.72. The summed E-state index contributed by atoms with van der Waals surface area (Å²) < 4.78 is 38.3. The maximum Gasteiger partial charge on any atom is 0.166 e. The second-order valence-corrected chi connectivity index (χ2v) is 6.90. The van der Waals surface area contributed by atoms with Crippen molar-refractivity contribution in [1.82, 2.24) is 5.32 Å². The minimum atomic E-state index is -0.393. The smallest absolute Gasteiger partial charge is 0.166 e. The van der Waals surface area contributed by atoms with E-state index in [4.69, 9.17) is 21.1 Å². The first-order chi connectivity index (χ1) is 14.1. The highest BCUT2D eigenvalue weighted by Gasteiger charge is 2.12. The zero-order valence-corrected chi connectivity index (χ0v) is 18.0. The van der Waals surface area contributed by atoms with Gasteiger partial charge in [-0.15, -0.1) is 12.4 Å². The summed E-state index contributed by atoms with van der Waals surface area (Å²) in [6.07, 6.45) is 0.581. The maximum atomic E-state index is 13.7. The molecule has 0 aromatic heterocycles. The van der Waals surface area contributed by atoms with E-state index in [9.17, 15) is 8.78 Å². The lowest BCUT2D eigenvalue weighted by Crippen LogP contribution is -2.18. The van der Waals surface area contributed by atoms with Crippen LogP contribution < -0.4 is 14.8 Å². The van der Waals surface area contributed by atoms with Gasteiger partial charge in [0.1, 0.15) is 18.2 Å². The van der Waals surface area contributed by atoms with Crippen LogP contribution in [0.4, 0.5) is 8.78 Å². The number of para-hydroxylation sites is 1. The van der Waals surface area contributed by atoms with Gasteiger partial charge in [0.05, 0.1) is 12.1 Å². The molecule has 0 spiro atoms. The van der Waals surface area contributed by atoms with E-state index in [1.165, 1.54) is 18.2 Å². The summed E-state index contributed by atoms with van der Waals surface area (Å²) in [6, 6.07) is 16.6. The quantitative estimate of drug-likeness (QED) is 0.405. The summed E-state index contributed by atoms with van der Waals surface area (Å²) in [5, 5.41) is 3.62. The number of hydrogen-bond acceptors (Lipinski definition) is 3. The fourth-order valence-electron chi connectivity index (χ4n) is 2.96. The monoisotopic (exact) mass is 453 g/mol. The summed E-state index contributed by atoms with van der Waals surface area (Å²) >= 11 is 6.09. The van der Waals surface area contributed by atoms with Crippen LogP contribution in [0.5, 0.6) is 11.5 Å². The van der Waals surface area contributed by atoms with Gasteiger partial charge in [0, 0.05) is 17.7 Å². The fraction of sp³-hybridized carbons (Fsp3) is 0.217. The molecule has 0 atom stereocenters. The van der Waals surface area contributed by atoms with E-state index in [2.05, 4.69) is 5.32 Å². The lowest BCUT2D eigenvalue weighted by atomic mass is 10.1. The number of ether oxygens (including phenoxy) is 2. The molecule has 30 heavy (non-hydrogen) atoms. The molecule has 0 amide bonds. The lowest BCUT2D eigenvalue weighted by molar-refractivity contribution is 0.280. The Hall–Kier alpha value is -2.34. The molecule has 1 N–H and O–H groups in total. The molecule has 0 fully saturated rings. The van der Waals surface area contributed by atoms with Gasteiger partial charge >= 0.3 is 0 Å². The topological polar surface area (TPSA) is 30.5 Å². The first-order valence-electron chi connectivity index (χ1n) is 9.25. The number of methoxy groups -OCH3 is 1. The van der Waals surface area contributed by atoms with Gasteiger partial charge in [-0.2, -0.15) is 0 Å². The summed E-state index contributed by atoms with van der Waals surface area (Å²) in [5.41, 5.74) is 2.25. The largest absolute Gasteiger partial charge is 0.493 e. The Bertz CT molecular complexity index is 970. The third-order valence-electron chi connectivity index (χ3n) is 4.51. The second-order valence-electron chi connectivity index (χ2n) is 6.49. The molecule has 7 heteroatoms. The van der Waals surface area contributed by atoms with E-state index >= 15 is 0 Å². The Balaban J connectivity index is 0.00000320. The summed E-state index contributed by atoms with van der Waals surface area (Å²) in [7, 11) is 1.57. The Kier molecular flexibility index (Phi) is 9.37. The minimum absolute atomic E-state index is 0. The Morgan fingerprint density at radius 2 is 1.70 bits per heavy atom. The zero-order valence-electron chi connectivity index (χ0n) is 16.5. The standard InChI is InChI=1S/C23H22ClF2NO2.ClH/c1-28-22-8-4-6-17(14-27-12-11-16-5-2-3-7-21(16)26)23(22)29-15-18-9-10-19(25)13-20(18)24;/h2-10,13,27H,11-12,14-15H2,1H3;1H. The highest BCUT2D eigenvalue weighted by molar-refractivity contribution is 6.31. The number of rotatable bonds is 9. The number of benzene rings is 3. The molecule has 0 aliphatic carbocycles. The van der Waals surface area contributed by atoms with Crippen molar-refractivity contribution >= 4 is 24.0 Å². The SMILES string of the molecule is COc1cccc(CNCCc2ccccc2F)c1OCc1ccc(F)cc1Cl.Cl. The van der Waals surface area contributed by atoms with Crippen molar-refractivity contribution in [2.45, 2.75) is 19.6 Å². The maximum absolute atomic E-state index is 13.7. The van der Waals surface area contributed by atoms with Gasteiger partial charge < -0.3 is 14.8 Å². The molecular weight excluding hydrogens is 431 g/mol. The molecule has 3 nitrogen and oxygen atoms in total. The number of halogens is 4. The van der Waals surface area contributed by atoms with E-state index in [0.29, 0.717) is 47.2 Å². The molecule has 0 saturated carbocycles. The van der Waals surface area contributed by atoms with Crippen LogP contribution in [0.1, 0.15) is 16.7 Å². The van der Waals surface area contributed by atoms with Crippen LogP contribution >= 0.6 is 24.0 Å². The van der Waals surface area contributed by atoms with Crippen LogP contribution in [0.15, 0.2) is 60.7 Å². The van der Waals surface area contributed by atoms with E-state index in [1.54, 1.807) is 25.3 Å². The molecule has 0 aliphatic heterocycles. The molecule has 3 rings (SSSR count). The Labute approximate surface area is 186 Å². The summed E-state index contributed by atoms with van der Waals surface area (Å²) in [6.45, 7) is 1.32. The first-order valence-corrected chi connectivity index (χ1v) is 9.63. The molecule has 3 aromatic carbocycles. The lowest BCUT2D eigenvalue weighted by Gasteiger charge is -2.16. The number of hydrogen-bond donors (Lipinski definition) is 1. The molecule has 0 heterocycles. The van der Waals surface area contributed by atoms with Gasteiger partial charge in [0.25, 0.3) is 0 Å². The second kappa shape index (κ2) is 11.7. The van der Waals surface area contributed by atoms with Crippen LogP contribution in [-0.4, -0.2) is 13.7 Å². The van der Waals surface area contributed by atoms with E-state index in [1.807, 2.05) is 24.3 Å². The molecule has 160 valence electrons. The predicted molar refractivity (Wildman–Crippen MR) is 118 cm³/mol. The van der Waals surface area contributed by atoms with Crippen molar-refractivity contribution < 1.29 is 18.3 Å². The molecule has 0 radical (unpaired) electrons. The third kappa shape index (κ3) is 6.33. The zero-order chi connectivity index (χ0) is 20.6. The van der Waals surface area contributed by atoms with Gasteiger partial charge in [0.2, 0.25) is 0 Å². The highest BCUT2D eigenvalue weighted by atomic mass is 35.5. The van der Waals surface area contributed by atoms with Crippen molar-refractivity contribution in [1.29, 1.82) is 0 Å². The van der Waals surface area contributed by atoms with E-state index in [0.717, 1.165) is 5.56 Å². The fourth-order valence-corrected chi connectivity index (χ4v) is 3.18. The van der Waals surface area contributed by atoms with Gasteiger partial charge in [-0.25, -0.2) is 8.78 Å². The highest BCUT2D eigenvalue weighted by Crippen LogP contribution is 2.32. The van der Waals surface area contributed by atoms with Gasteiger partial charge in [-0.1, -0.05) is 48.0 Å². The average molecular weight is 454 g/mol. The molecular formula is C23H23Cl2F2NO2. The third-order valence-corrected chi connectivity index (χ3v) is 4.86. The Morgan fingerprint density at radius 1 is 0.933 bits per heavy atom. The molecule has 0 aliphatic rings. The van der Waals surface area contributed by atoms with E-state index < -0.39 is 5.82 Å². The summed E-state index contributed by atoms with van der Waals surface area (Å²) in [4.78, 5) is 0. The minimum Gasteiger partial charge on any atom is -0.493 e. The summed E-state index contributed by atoms with van der Waals surface area (Å²) in [5.74, 6) is 0.595. The molecule has 0 bridgehead atoms. The van der Waals surface area contributed by atoms with Crippen LogP contribution in [0.25, 0.3) is 0 Å². The van der Waals surface area contributed by atoms with Crippen molar-refractivity contribution in [3.05, 3.63) is 94.0 Å². The van der Waals surface area contributed by atoms with E-state index in [-0.39, 0.29) is 24.8 Å². The van der Waals surface area contributed by atoms with Crippen LogP contribution in [0, 0.1) is 11.6 Å². The van der Waals surface area contributed by atoms with Gasteiger partial charge in [0.15, 0.2) is 11.5 Å². The molecule has 0 saturated heterocycles.